The predicted octanol–water partition coefficient (Wildman–Crippen LogP) is 2.49. The molecule has 114 valence electrons. The summed E-state index contributed by atoms with van der Waals surface area (Å²) in [5, 5.41) is 12.1. The number of nitrogens with zero attached hydrogens (tertiary/aromatic N) is 4. The van der Waals surface area contributed by atoms with Crippen LogP contribution in [0.15, 0.2) is 24.7 Å². The monoisotopic (exact) mass is 305 g/mol. The van der Waals surface area contributed by atoms with Crippen molar-refractivity contribution in [3.63, 3.8) is 0 Å². The molecule has 1 unspecified atom stereocenters. The standard InChI is InChI=1S/C14H13F2N5O/c1-22-13-11-10(2-3-17-13)19-20-12(11)8-5-18-21(6-8)7-9-4-14(9,15)16/h2-3,5-6,9H,4,7H2,1H3,(H,19,20). The molecular formula is C14H13F2N5O. The summed E-state index contributed by atoms with van der Waals surface area (Å²) in [6, 6.07) is 1.80. The lowest BCUT2D eigenvalue weighted by atomic mass is 10.2. The van der Waals surface area contributed by atoms with Crippen LogP contribution in [0.25, 0.3) is 22.2 Å². The van der Waals surface area contributed by atoms with E-state index in [1.54, 1.807) is 24.7 Å². The smallest absolute Gasteiger partial charge is 0.253 e. The molecular weight excluding hydrogens is 292 g/mol. The van der Waals surface area contributed by atoms with Gasteiger partial charge in [0.25, 0.3) is 5.92 Å². The lowest BCUT2D eigenvalue weighted by Gasteiger charge is -2.01. The van der Waals surface area contributed by atoms with Gasteiger partial charge in [-0.1, -0.05) is 0 Å². The molecule has 8 heteroatoms. The van der Waals surface area contributed by atoms with Crippen molar-refractivity contribution in [3.05, 3.63) is 24.7 Å². The highest BCUT2D eigenvalue weighted by atomic mass is 19.3. The highest BCUT2D eigenvalue weighted by Crippen LogP contribution is 2.49. The van der Waals surface area contributed by atoms with E-state index in [-0.39, 0.29) is 13.0 Å². The quantitative estimate of drug-likeness (QED) is 0.804. The number of aromatic amines is 1. The van der Waals surface area contributed by atoms with Gasteiger partial charge >= 0.3 is 0 Å². The Balaban J connectivity index is 1.69. The number of alkyl halides is 2. The molecule has 0 spiro atoms. The molecule has 6 nitrogen and oxygen atoms in total. The van der Waals surface area contributed by atoms with Crippen LogP contribution in [0.4, 0.5) is 8.78 Å². The van der Waals surface area contributed by atoms with Gasteiger partial charge < -0.3 is 4.74 Å². The average Bonchev–Trinajstić information content (AvgIpc) is 2.91. The highest BCUT2D eigenvalue weighted by Gasteiger charge is 2.56. The molecule has 1 aliphatic carbocycles. The fraction of sp³-hybridized carbons (Fsp3) is 0.357. The van der Waals surface area contributed by atoms with E-state index in [0.29, 0.717) is 11.6 Å². The third kappa shape index (κ3) is 2.02. The van der Waals surface area contributed by atoms with Gasteiger partial charge in [0, 0.05) is 36.8 Å². The number of pyridine rings is 1. The molecule has 0 saturated heterocycles. The Labute approximate surface area is 124 Å². The summed E-state index contributed by atoms with van der Waals surface area (Å²) in [7, 11) is 1.54. The Morgan fingerprint density at radius 3 is 3.05 bits per heavy atom. The van der Waals surface area contributed by atoms with Crippen molar-refractivity contribution in [2.24, 2.45) is 5.92 Å². The van der Waals surface area contributed by atoms with E-state index in [1.165, 1.54) is 11.8 Å². The third-order valence-electron chi connectivity index (χ3n) is 3.90. The summed E-state index contributed by atoms with van der Waals surface area (Å²) in [6.07, 6.45) is 4.89. The first kappa shape index (κ1) is 13.2. The van der Waals surface area contributed by atoms with Crippen molar-refractivity contribution in [1.82, 2.24) is 25.0 Å². The van der Waals surface area contributed by atoms with Gasteiger partial charge in [-0.2, -0.15) is 10.2 Å². The first-order valence-electron chi connectivity index (χ1n) is 6.86. The number of nitrogens with one attached hydrogen (secondary N) is 1. The Kier molecular flexibility index (Phi) is 2.69. The molecule has 3 heterocycles. The molecule has 0 aromatic carbocycles. The fourth-order valence-electron chi connectivity index (χ4n) is 2.58. The van der Waals surface area contributed by atoms with Gasteiger partial charge in [0.1, 0.15) is 5.69 Å². The number of hydrogen-bond donors (Lipinski definition) is 1. The molecule has 1 aliphatic rings. The molecule has 4 rings (SSSR count). The fourth-order valence-corrected chi connectivity index (χ4v) is 2.58. The molecule has 22 heavy (non-hydrogen) atoms. The number of ether oxygens (including phenoxy) is 1. The molecule has 1 N–H and O–H groups in total. The molecule has 1 fully saturated rings. The molecule has 1 saturated carbocycles. The molecule has 0 radical (unpaired) electrons. The van der Waals surface area contributed by atoms with Gasteiger partial charge in [-0.3, -0.25) is 9.78 Å². The predicted molar refractivity (Wildman–Crippen MR) is 74.7 cm³/mol. The van der Waals surface area contributed by atoms with E-state index in [1.807, 2.05) is 0 Å². The van der Waals surface area contributed by atoms with Crippen molar-refractivity contribution in [2.75, 3.05) is 7.11 Å². The second-order valence-electron chi connectivity index (χ2n) is 5.43. The molecule has 3 aromatic rings. The zero-order valence-electron chi connectivity index (χ0n) is 11.8. The minimum Gasteiger partial charge on any atom is -0.480 e. The van der Waals surface area contributed by atoms with Crippen molar-refractivity contribution in [1.29, 1.82) is 0 Å². The van der Waals surface area contributed by atoms with Crippen molar-refractivity contribution in [3.8, 4) is 17.1 Å². The van der Waals surface area contributed by atoms with E-state index in [2.05, 4.69) is 20.3 Å². The topological polar surface area (TPSA) is 68.6 Å². The number of fused-ring (bicyclic) bond motifs is 1. The van der Waals surface area contributed by atoms with Crippen LogP contribution >= 0.6 is 0 Å². The van der Waals surface area contributed by atoms with Crippen LogP contribution in [0.1, 0.15) is 6.42 Å². The van der Waals surface area contributed by atoms with Crippen molar-refractivity contribution >= 4 is 10.9 Å². The van der Waals surface area contributed by atoms with Gasteiger partial charge in [0.2, 0.25) is 5.88 Å². The Morgan fingerprint density at radius 1 is 1.50 bits per heavy atom. The average molecular weight is 305 g/mol. The molecule has 3 aromatic heterocycles. The summed E-state index contributed by atoms with van der Waals surface area (Å²) in [5.41, 5.74) is 2.18. The first-order valence-corrected chi connectivity index (χ1v) is 6.86. The molecule has 0 bridgehead atoms. The van der Waals surface area contributed by atoms with Crippen LogP contribution in [0.5, 0.6) is 5.88 Å². The summed E-state index contributed by atoms with van der Waals surface area (Å²) in [6.45, 7) is 0.213. The summed E-state index contributed by atoms with van der Waals surface area (Å²) < 4.78 is 32.8. The van der Waals surface area contributed by atoms with Crippen molar-refractivity contribution < 1.29 is 13.5 Å². The van der Waals surface area contributed by atoms with Crippen LogP contribution in [0.2, 0.25) is 0 Å². The SMILES string of the molecule is COc1nccc2[nH]nc(-c3cnn(CC4CC4(F)F)c3)c12. The molecule has 1 atom stereocenters. The lowest BCUT2D eigenvalue weighted by Crippen LogP contribution is -2.05. The van der Waals surface area contributed by atoms with E-state index >= 15 is 0 Å². The van der Waals surface area contributed by atoms with Gasteiger partial charge in [-0.15, -0.1) is 0 Å². The maximum Gasteiger partial charge on any atom is 0.253 e. The van der Waals surface area contributed by atoms with Crippen molar-refractivity contribution in [2.45, 2.75) is 18.9 Å². The zero-order valence-corrected chi connectivity index (χ0v) is 11.8. The summed E-state index contributed by atoms with van der Waals surface area (Å²) in [4.78, 5) is 4.16. The Hall–Kier alpha value is -2.51. The Bertz CT molecular complexity index is 841. The van der Waals surface area contributed by atoms with Gasteiger partial charge in [-0.05, 0) is 6.07 Å². The van der Waals surface area contributed by atoms with Crippen LogP contribution in [0, 0.1) is 5.92 Å². The number of rotatable bonds is 4. The van der Waals surface area contributed by atoms with Gasteiger partial charge in [0.05, 0.1) is 24.2 Å². The van der Waals surface area contributed by atoms with Crippen LogP contribution in [-0.4, -0.2) is 38.0 Å². The molecule has 0 amide bonds. The molecule has 0 aliphatic heterocycles. The number of hydrogen-bond acceptors (Lipinski definition) is 4. The van der Waals surface area contributed by atoms with E-state index in [0.717, 1.165) is 16.5 Å². The third-order valence-corrected chi connectivity index (χ3v) is 3.90. The summed E-state index contributed by atoms with van der Waals surface area (Å²) in [5.74, 6) is -2.70. The maximum absolute atomic E-state index is 13.0. The number of methoxy groups -OCH3 is 1. The van der Waals surface area contributed by atoms with Gasteiger partial charge in [-0.25, -0.2) is 13.8 Å². The minimum absolute atomic E-state index is 0.0642. The second-order valence-corrected chi connectivity index (χ2v) is 5.43. The Morgan fingerprint density at radius 2 is 2.32 bits per heavy atom. The highest BCUT2D eigenvalue weighted by molar-refractivity contribution is 5.96. The van der Waals surface area contributed by atoms with Crippen LogP contribution in [0.3, 0.4) is 0 Å². The number of H-pyrrole nitrogens is 1. The van der Waals surface area contributed by atoms with Crippen LogP contribution in [-0.2, 0) is 6.54 Å². The normalized spacial score (nSPS) is 19.5. The number of halogens is 2. The van der Waals surface area contributed by atoms with E-state index in [9.17, 15) is 8.78 Å². The van der Waals surface area contributed by atoms with E-state index in [4.69, 9.17) is 4.74 Å². The largest absolute Gasteiger partial charge is 0.480 e. The van der Waals surface area contributed by atoms with Crippen LogP contribution < -0.4 is 4.74 Å². The lowest BCUT2D eigenvalue weighted by molar-refractivity contribution is 0.0942. The number of aromatic nitrogens is 5. The maximum atomic E-state index is 13.0. The second kappa shape index (κ2) is 4.49. The van der Waals surface area contributed by atoms with E-state index < -0.39 is 11.8 Å². The first-order chi connectivity index (χ1) is 10.6. The van der Waals surface area contributed by atoms with Gasteiger partial charge in [0.15, 0.2) is 0 Å². The summed E-state index contributed by atoms with van der Waals surface area (Å²) >= 11 is 0. The zero-order chi connectivity index (χ0) is 15.3. The minimum atomic E-state index is -2.54.